The van der Waals surface area contributed by atoms with Crippen molar-refractivity contribution in [1.29, 1.82) is 0 Å². The second-order valence-electron chi connectivity index (χ2n) is 11.7. The highest BCUT2D eigenvalue weighted by Crippen LogP contribution is 2.40. The molecule has 3 heterocycles. The Bertz CT molecular complexity index is 1110. The van der Waals surface area contributed by atoms with Crippen molar-refractivity contribution in [1.82, 2.24) is 20.5 Å². The Morgan fingerprint density at radius 3 is 2.75 bits per heavy atom. The second kappa shape index (κ2) is 12.0. The average molecular weight is 569 g/mol. The number of halogens is 3. The number of nitrogens with one attached hydrogen (secondary N) is 2. The normalized spacial score (nSPS) is 26.9. The largest absolute Gasteiger partial charge is 0.444 e. The Kier molecular flexibility index (Phi) is 9.11. The Labute approximate surface area is 232 Å². The van der Waals surface area contributed by atoms with E-state index in [1.54, 1.807) is 32.8 Å². The molecule has 1 aromatic rings. The predicted molar refractivity (Wildman–Crippen MR) is 140 cm³/mol. The van der Waals surface area contributed by atoms with Gasteiger partial charge in [-0.15, -0.1) is 0 Å². The summed E-state index contributed by atoms with van der Waals surface area (Å²) in [5, 5.41) is 6.33. The van der Waals surface area contributed by atoms with Gasteiger partial charge >= 0.3 is 12.3 Å². The number of carbonyl (C=O) groups is 2. The number of pyridine rings is 1. The van der Waals surface area contributed by atoms with Gasteiger partial charge in [0.1, 0.15) is 5.60 Å². The fraction of sp³-hybridized carbons (Fsp3) is 0.679. The van der Waals surface area contributed by atoms with Gasteiger partial charge in [0.2, 0.25) is 5.91 Å². The highest BCUT2D eigenvalue weighted by Gasteiger charge is 2.45. The number of alkyl halides is 3. The highest BCUT2D eigenvalue weighted by atomic mass is 19.4. The molecular formula is C28H39F3N4O5. The fourth-order valence-corrected chi connectivity index (χ4v) is 5.58. The number of hydrogen-bond donors (Lipinski definition) is 2. The lowest BCUT2D eigenvalue weighted by Crippen LogP contribution is -2.52. The third-order valence-corrected chi connectivity index (χ3v) is 7.59. The van der Waals surface area contributed by atoms with Gasteiger partial charge in [-0.1, -0.05) is 12.2 Å². The molecule has 2 N–H and O–H groups in total. The van der Waals surface area contributed by atoms with E-state index in [1.165, 1.54) is 0 Å². The van der Waals surface area contributed by atoms with Crippen LogP contribution in [0.1, 0.15) is 56.9 Å². The van der Waals surface area contributed by atoms with Crippen LogP contribution in [0.5, 0.6) is 0 Å². The summed E-state index contributed by atoms with van der Waals surface area (Å²) in [5.41, 5.74) is -1.47. The van der Waals surface area contributed by atoms with Crippen LogP contribution in [0.2, 0.25) is 0 Å². The molecule has 40 heavy (non-hydrogen) atoms. The van der Waals surface area contributed by atoms with Crippen LogP contribution in [0.15, 0.2) is 24.4 Å². The molecular weight excluding hydrogens is 529 g/mol. The minimum atomic E-state index is -4.51. The van der Waals surface area contributed by atoms with E-state index in [1.807, 2.05) is 12.2 Å². The Morgan fingerprint density at radius 2 is 2.05 bits per heavy atom. The van der Waals surface area contributed by atoms with Crippen LogP contribution < -0.4 is 10.6 Å². The van der Waals surface area contributed by atoms with Crippen LogP contribution in [0.25, 0.3) is 0 Å². The molecule has 1 aromatic heterocycles. The first-order valence-electron chi connectivity index (χ1n) is 13.7. The lowest BCUT2D eigenvalue weighted by atomic mass is 9.80. The van der Waals surface area contributed by atoms with Gasteiger partial charge in [0, 0.05) is 63.7 Å². The minimum Gasteiger partial charge on any atom is -0.444 e. The maximum Gasteiger partial charge on any atom is 0.417 e. The first kappa shape index (κ1) is 30.3. The first-order valence-corrected chi connectivity index (χ1v) is 13.7. The smallest absolute Gasteiger partial charge is 0.417 e. The van der Waals surface area contributed by atoms with E-state index in [2.05, 4.69) is 15.6 Å². The average Bonchev–Trinajstić information content (AvgIpc) is 3.30. The molecule has 4 atom stereocenters. The molecule has 2 amide bonds. The summed E-state index contributed by atoms with van der Waals surface area (Å²) in [6.45, 7) is 6.99. The summed E-state index contributed by atoms with van der Waals surface area (Å²) in [7, 11) is 1.64. The first-order chi connectivity index (χ1) is 18.8. The van der Waals surface area contributed by atoms with Gasteiger partial charge in [-0.3, -0.25) is 9.78 Å². The summed E-state index contributed by atoms with van der Waals surface area (Å²) in [4.78, 5) is 32.0. The van der Waals surface area contributed by atoms with Gasteiger partial charge < -0.3 is 29.7 Å². The Balaban J connectivity index is 1.50. The molecule has 12 heteroatoms. The fourth-order valence-electron chi connectivity index (χ4n) is 5.58. The minimum absolute atomic E-state index is 0.0456. The van der Waals surface area contributed by atoms with E-state index in [9.17, 15) is 22.8 Å². The Hall–Kier alpha value is -2.70. The number of aromatic nitrogens is 1. The van der Waals surface area contributed by atoms with Crippen LogP contribution in [-0.4, -0.2) is 79.1 Å². The zero-order valence-corrected chi connectivity index (χ0v) is 23.5. The van der Waals surface area contributed by atoms with Gasteiger partial charge in [0.25, 0.3) is 0 Å². The van der Waals surface area contributed by atoms with E-state index in [-0.39, 0.29) is 37.2 Å². The molecule has 0 aromatic carbocycles. The van der Waals surface area contributed by atoms with Crippen molar-refractivity contribution in [3.63, 3.8) is 0 Å². The number of nitrogens with zero attached hydrogens (tertiary/aromatic N) is 2. The molecule has 2 aliphatic heterocycles. The Morgan fingerprint density at radius 1 is 1.27 bits per heavy atom. The molecule has 1 saturated heterocycles. The van der Waals surface area contributed by atoms with Crippen LogP contribution in [0.4, 0.5) is 18.0 Å². The highest BCUT2D eigenvalue weighted by molar-refractivity contribution is 5.86. The summed E-state index contributed by atoms with van der Waals surface area (Å²) < 4.78 is 56.4. The van der Waals surface area contributed by atoms with Crippen LogP contribution in [0, 0.1) is 5.41 Å². The van der Waals surface area contributed by atoms with Crippen molar-refractivity contribution >= 4 is 12.0 Å². The number of ether oxygens (including phenoxy) is 3. The summed E-state index contributed by atoms with van der Waals surface area (Å²) >= 11 is 0. The molecule has 0 saturated carbocycles. The summed E-state index contributed by atoms with van der Waals surface area (Å²) in [5.74, 6) is -0.183. The maximum absolute atomic E-state index is 14.1. The summed E-state index contributed by atoms with van der Waals surface area (Å²) in [6, 6.07) is 1.01. The molecule has 0 spiro atoms. The lowest BCUT2D eigenvalue weighted by Gasteiger charge is -2.38. The number of alkyl carbamates (subject to hydrolysis) is 1. The number of amides is 2. The maximum atomic E-state index is 14.1. The van der Waals surface area contributed by atoms with Crippen LogP contribution in [0.3, 0.4) is 0 Å². The van der Waals surface area contributed by atoms with Crippen molar-refractivity contribution in [3.8, 4) is 0 Å². The second-order valence-corrected chi connectivity index (χ2v) is 11.7. The molecule has 1 aliphatic carbocycles. The van der Waals surface area contributed by atoms with Gasteiger partial charge in [0.05, 0.1) is 23.7 Å². The number of methoxy groups -OCH3 is 1. The van der Waals surface area contributed by atoms with Gasteiger partial charge in [-0.05, 0) is 51.7 Å². The van der Waals surface area contributed by atoms with Gasteiger partial charge in [0.15, 0.2) is 0 Å². The molecule has 222 valence electrons. The molecule has 1 fully saturated rings. The van der Waals surface area contributed by atoms with Crippen LogP contribution in [-0.2, 0) is 38.1 Å². The quantitative estimate of drug-likeness (QED) is 0.485. The van der Waals surface area contributed by atoms with E-state index < -0.39 is 28.8 Å². The predicted octanol–water partition coefficient (Wildman–Crippen LogP) is 3.61. The SMILES string of the molecule is CO[C@@H]1COCC[C@@H]1N[C@@H]1C=C[C@](CCNC(=O)OC(C)(C)C)(C(=O)N2CCc3ncc(C(F)(F)F)cc3C2)C1. The van der Waals surface area contributed by atoms with Gasteiger partial charge in [-0.2, -0.15) is 13.2 Å². The number of carbonyl (C=O) groups excluding carboxylic acids is 2. The van der Waals surface area contributed by atoms with Crippen molar-refractivity contribution in [3.05, 3.63) is 41.2 Å². The third kappa shape index (κ3) is 7.32. The molecule has 0 unspecified atom stereocenters. The van der Waals surface area contributed by atoms with Crippen molar-refractivity contribution in [2.24, 2.45) is 5.41 Å². The topological polar surface area (TPSA) is 102 Å². The van der Waals surface area contributed by atoms with Crippen molar-refractivity contribution in [2.45, 2.75) is 83.0 Å². The molecule has 3 aliphatic rings. The molecule has 9 nitrogen and oxygen atoms in total. The van der Waals surface area contributed by atoms with Gasteiger partial charge in [-0.25, -0.2) is 4.79 Å². The molecule has 0 bridgehead atoms. The number of fused-ring (bicyclic) bond motifs is 1. The monoisotopic (exact) mass is 568 g/mol. The zero-order valence-electron chi connectivity index (χ0n) is 23.5. The van der Waals surface area contributed by atoms with E-state index >= 15 is 0 Å². The standard InChI is InChI=1S/C28H39F3N4O5/c1-26(2,3)40-25(37)32-10-9-27(8-5-20(14-27)34-22-7-12-39-17-23(22)38-4)24(36)35-11-6-21-18(16-35)13-19(15-33-21)28(29,30)31/h5,8,13,15,20,22-23,34H,6-7,9-12,14,16-17H2,1-4H3,(H,32,37)/t20-,22+,23-,27-/m1/s1. The van der Waals surface area contributed by atoms with Crippen molar-refractivity contribution < 1.29 is 37.0 Å². The van der Waals surface area contributed by atoms with E-state index in [0.29, 0.717) is 50.3 Å². The lowest BCUT2D eigenvalue weighted by molar-refractivity contribution is -0.141. The number of hydrogen-bond acceptors (Lipinski definition) is 7. The van der Waals surface area contributed by atoms with E-state index in [4.69, 9.17) is 14.2 Å². The molecule has 0 radical (unpaired) electrons. The van der Waals surface area contributed by atoms with Crippen molar-refractivity contribution in [2.75, 3.05) is 33.4 Å². The van der Waals surface area contributed by atoms with Crippen LogP contribution >= 0.6 is 0 Å². The molecule has 4 rings (SSSR count). The summed E-state index contributed by atoms with van der Waals surface area (Å²) in [6.07, 6.45) is 1.38. The van der Waals surface area contributed by atoms with E-state index in [0.717, 1.165) is 18.7 Å². The zero-order chi connectivity index (χ0) is 29.1. The number of rotatable bonds is 7. The third-order valence-electron chi connectivity index (χ3n) is 7.59.